The van der Waals surface area contributed by atoms with E-state index in [0.29, 0.717) is 6.29 Å². The van der Waals surface area contributed by atoms with Crippen molar-refractivity contribution in [3.05, 3.63) is 23.3 Å². The van der Waals surface area contributed by atoms with Crippen molar-refractivity contribution in [2.24, 2.45) is 0 Å². The third-order valence-corrected chi connectivity index (χ3v) is 2.75. The molecule has 6 heteroatoms. The largest absolute Gasteiger partial charge is 0.478 e. The molecule has 20 heavy (non-hydrogen) atoms. The minimum Gasteiger partial charge on any atom is -0.478 e. The number of carbonyl (C=O) groups excluding carboxylic acids is 1. The maximum Gasteiger partial charge on any atom is 0.416 e. The normalized spacial score (nSPS) is 12.2. The van der Waals surface area contributed by atoms with Crippen LogP contribution in [0, 0.1) is 6.92 Å². The maximum absolute atomic E-state index is 12.9. The van der Waals surface area contributed by atoms with Crippen molar-refractivity contribution in [3.63, 3.8) is 0 Å². The van der Waals surface area contributed by atoms with E-state index < -0.39 is 17.3 Å². The van der Waals surface area contributed by atoms with Crippen LogP contribution < -0.4 is 9.64 Å². The number of aryl methyl sites for hydroxylation is 1. The van der Waals surface area contributed by atoms with Crippen LogP contribution in [-0.2, 0) is 11.0 Å². The highest BCUT2D eigenvalue weighted by atomic mass is 19.4. The van der Waals surface area contributed by atoms with Crippen molar-refractivity contribution in [3.8, 4) is 5.75 Å². The quantitative estimate of drug-likeness (QED) is 0.795. The molecule has 0 aliphatic rings. The van der Waals surface area contributed by atoms with Gasteiger partial charge < -0.3 is 9.64 Å². The predicted octanol–water partition coefficient (Wildman–Crippen LogP) is 3.44. The summed E-state index contributed by atoms with van der Waals surface area (Å²) >= 11 is 0. The summed E-state index contributed by atoms with van der Waals surface area (Å²) < 4.78 is 44.3. The molecule has 0 saturated carbocycles. The fourth-order valence-corrected chi connectivity index (χ4v) is 1.71. The van der Waals surface area contributed by atoms with E-state index in [1.165, 1.54) is 17.9 Å². The van der Waals surface area contributed by atoms with Gasteiger partial charge in [-0.3, -0.25) is 4.79 Å². The number of nitrogens with zero attached hydrogens (tertiary/aromatic N) is 1. The summed E-state index contributed by atoms with van der Waals surface area (Å²) in [5, 5.41) is 0. The van der Waals surface area contributed by atoms with Crippen molar-refractivity contribution in [1.29, 1.82) is 0 Å². The van der Waals surface area contributed by atoms with Gasteiger partial charge in [0.1, 0.15) is 5.75 Å². The lowest BCUT2D eigenvalue weighted by molar-refractivity contribution is -0.138. The number of hydrogen-bond donors (Lipinski definition) is 0. The molecule has 0 fully saturated rings. The van der Waals surface area contributed by atoms with Crippen molar-refractivity contribution < 1.29 is 22.7 Å². The van der Waals surface area contributed by atoms with Crippen LogP contribution in [0.3, 0.4) is 0 Å². The highest BCUT2D eigenvalue weighted by Gasteiger charge is 2.34. The van der Waals surface area contributed by atoms with Gasteiger partial charge in [0.2, 0.25) is 0 Å². The summed E-state index contributed by atoms with van der Waals surface area (Å²) in [5.41, 5.74) is -1.48. The number of anilines is 1. The molecule has 1 aromatic carbocycles. The molecule has 0 aliphatic heterocycles. The first-order valence-corrected chi connectivity index (χ1v) is 6.02. The molecule has 0 aromatic heterocycles. The molecule has 0 saturated heterocycles. The van der Waals surface area contributed by atoms with Crippen LogP contribution in [0.25, 0.3) is 0 Å². The van der Waals surface area contributed by atoms with E-state index in [0.717, 1.165) is 6.07 Å². The summed E-state index contributed by atoms with van der Waals surface area (Å²) in [6, 6.07) is 2.34. The third kappa shape index (κ3) is 3.65. The summed E-state index contributed by atoms with van der Waals surface area (Å²) in [4.78, 5) is 12.4. The second kappa shape index (κ2) is 5.34. The Labute approximate surface area is 116 Å². The van der Waals surface area contributed by atoms with Crippen molar-refractivity contribution >= 4 is 12.0 Å². The molecule has 0 atom stereocenters. The Morgan fingerprint density at radius 1 is 1.20 bits per heavy atom. The summed E-state index contributed by atoms with van der Waals surface area (Å²) in [6.45, 7) is 4.46. The molecule has 1 aromatic rings. The van der Waals surface area contributed by atoms with E-state index in [-0.39, 0.29) is 17.0 Å². The predicted molar refractivity (Wildman–Crippen MR) is 71.3 cm³/mol. The van der Waals surface area contributed by atoms with Crippen LogP contribution >= 0.6 is 0 Å². The van der Waals surface area contributed by atoms with Gasteiger partial charge in [-0.15, -0.1) is 0 Å². The summed E-state index contributed by atoms with van der Waals surface area (Å²) in [6.07, 6.45) is -3.81. The Balaban J connectivity index is 3.39. The van der Waals surface area contributed by atoms with E-state index in [4.69, 9.17) is 4.74 Å². The number of alkyl halides is 3. The van der Waals surface area contributed by atoms with E-state index >= 15 is 0 Å². The SMILES string of the molecule is Cc1cc(OC(C)(C)C=O)c(N(C)C)cc1C(F)(F)F. The van der Waals surface area contributed by atoms with Gasteiger partial charge in [0.05, 0.1) is 11.3 Å². The lowest BCUT2D eigenvalue weighted by Gasteiger charge is -2.26. The van der Waals surface area contributed by atoms with Crippen LogP contribution in [0.4, 0.5) is 18.9 Å². The lowest BCUT2D eigenvalue weighted by Crippen LogP contribution is -2.30. The average molecular weight is 289 g/mol. The molecule has 0 radical (unpaired) electrons. The molecule has 0 unspecified atom stereocenters. The second-order valence-corrected chi connectivity index (χ2v) is 5.35. The fourth-order valence-electron chi connectivity index (χ4n) is 1.71. The average Bonchev–Trinajstić information content (AvgIpc) is 2.26. The molecule has 0 heterocycles. The van der Waals surface area contributed by atoms with Gasteiger partial charge in [-0.1, -0.05) is 0 Å². The molecular formula is C14H18F3NO2. The zero-order valence-corrected chi connectivity index (χ0v) is 12.1. The molecule has 0 aliphatic carbocycles. The van der Waals surface area contributed by atoms with Crippen LogP contribution in [-0.4, -0.2) is 26.0 Å². The number of aldehydes is 1. The van der Waals surface area contributed by atoms with Crippen molar-refractivity contribution in [1.82, 2.24) is 0 Å². The van der Waals surface area contributed by atoms with Gasteiger partial charge in [0.15, 0.2) is 11.9 Å². The highest BCUT2D eigenvalue weighted by Crippen LogP contribution is 2.39. The van der Waals surface area contributed by atoms with Gasteiger partial charge >= 0.3 is 6.18 Å². The lowest BCUT2D eigenvalue weighted by atomic mass is 10.1. The van der Waals surface area contributed by atoms with Gasteiger partial charge in [-0.2, -0.15) is 13.2 Å². The van der Waals surface area contributed by atoms with Crippen molar-refractivity contribution in [2.75, 3.05) is 19.0 Å². The standard InChI is InChI=1S/C14H18F3NO2/c1-9-6-12(20-13(2,3)8-19)11(18(4)5)7-10(9)14(15,16)17/h6-8H,1-5H3. The number of rotatable bonds is 4. The highest BCUT2D eigenvalue weighted by molar-refractivity contribution is 5.66. The Morgan fingerprint density at radius 3 is 2.15 bits per heavy atom. The van der Waals surface area contributed by atoms with Crippen LogP contribution in [0.15, 0.2) is 12.1 Å². The molecule has 0 amide bonds. The molecule has 112 valence electrons. The molecular weight excluding hydrogens is 271 g/mol. The Hall–Kier alpha value is -1.72. The monoisotopic (exact) mass is 289 g/mol. The van der Waals surface area contributed by atoms with Gasteiger partial charge in [0, 0.05) is 14.1 Å². The molecule has 0 N–H and O–H groups in total. The number of ether oxygens (including phenoxy) is 1. The van der Waals surface area contributed by atoms with Gasteiger partial charge in [0.25, 0.3) is 0 Å². The van der Waals surface area contributed by atoms with Crippen LogP contribution in [0.1, 0.15) is 25.0 Å². The zero-order chi connectivity index (χ0) is 15.7. The molecule has 0 bridgehead atoms. The second-order valence-electron chi connectivity index (χ2n) is 5.35. The van der Waals surface area contributed by atoms with E-state index in [1.54, 1.807) is 27.9 Å². The van der Waals surface area contributed by atoms with Gasteiger partial charge in [-0.05, 0) is 38.5 Å². The first kappa shape index (κ1) is 16.3. The van der Waals surface area contributed by atoms with Crippen LogP contribution in [0.2, 0.25) is 0 Å². The Morgan fingerprint density at radius 2 is 1.75 bits per heavy atom. The maximum atomic E-state index is 12.9. The number of hydrogen-bond acceptors (Lipinski definition) is 3. The van der Waals surface area contributed by atoms with Gasteiger partial charge in [-0.25, -0.2) is 0 Å². The van der Waals surface area contributed by atoms with E-state index in [9.17, 15) is 18.0 Å². The first-order valence-electron chi connectivity index (χ1n) is 6.02. The number of halogens is 3. The zero-order valence-electron chi connectivity index (χ0n) is 12.1. The minimum atomic E-state index is -4.42. The summed E-state index contributed by atoms with van der Waals surface area (Å²) in [7, 11) is 3.23. The molecule has 1 rings (SSSR count). The topological polar surface area (TPSA) is 29.5 Å². The first-order chi connectivity index (χ1) is 8.98. The van der Waals surface area contributed by atoms with Crippen molar-refractivity contribution in [2.45, 2.75) is 32.5 Å². The Kier molecular flexibility index (Phi) is 4.36. The van der Waals surface area contributed by atoms with Crippen LogP contribution in [0.5, 0.6) is 5.75 Å². The number of benzene rings is 1. The minimum absolute atomic E-state index is 0.0554. The smallest absolute Gasteiger partial charge is 0.416 e. The third-order valence-electron chi connectivity index (χ3n) is 2.75. The molecule has 3 nitrogen and oxygen atoms in total. The van der Waals surface area contributed by atoms with E-state index in [1.807, 2.05) is 0 Å². The Bertz CT molecular complexity index is 508. The van der Waals surface area contributed by atoms with E-state index in [2.05, 4.69) is 0 Å². The number of carbonyl (C=O) groups is 1. The fraction of sp³-hybridized carbons (Fsp3) is 0.500. The molecule has 0 spiro atoms. The summed E-state index contributed by atoms with van der Waals surface area (Å²) in [5.74, 6) is 0.248.